The topological polar surface area (TPSA) is 48.4 Å². The molecule has 1 atom stereocenters. The van der Waals surface area contributed by atoms with Gasteiger partial charge in [0.1, 0.15) is 11.5 Å². The maximum Gasteiger partial charge on any atom is 0.120 e. The number of hydrogen-bond donors (Lipinski definition) is 1. The molecule has 0 saturated carbocycles. The van der Waals surface area contributed by atoms with Gasteiger partial charge in [-0.15, -0.1) is 0 Å². The SMILES string of the molecule is CC(C)Oc1cccc(C(N)CCc2ccco2)c1. The number of benzene rings is 1. The molecule has 0 aliphatic carbocycles. The van der Waals surface area contributed by atoms with E-state index in [2.05, 4.69) is 0 Å². The van der Waals surface area contributed by atoms with Crippen LogP contribution < -0.4 is 10.5 Å². The molecule has 0 radical (unpaired) electrons. The first-order valence-electron chi connectivity index (χ1n) is 6.69. The molecule has 3 nitrogen and oxygen atoms in total. The average molecular weight is 259 g/mol. The monoisotopic (exact) mass is 259 g/mol. The maximum absolute atomic E-state index is 6.21. The van der Waals surface area contributed by atoms with Crippen LogP contribution in [0.4, 0.5) is 0 Å². The zero-order chi connectivity index (χ0) is 13.7. The molecule has 19 heavy (non-hydrogen) atoms. The second kappa shape index (κ2) is 6.43. The van der Waals surface area contributed by atoms with E-state index in [9.17, 15) is 0 Å². The molecular formula is C16H21NO2. The van der Waals surface area contributed by atoms with Gasteiger partial charge in [-0.2, -0.15) is 0 Å². The van der Waals surface area contributed by atoms with Crippen LogP contribution in [0.1, 0.15) is 37.6 Å². The molecule has 0 saturated heterocycles. The van der Waals surface area contributed by atoms with Gasteiger partial charge in [0.05, 0.1) is 12.4 Å². The number of furan rings is 1. The van der Waals surface area contributed by atoms with Crippen LogP contribution in [0.5, 0.6) is 5.75 Å². The summed E-state index contributed by atoms with van der Waals surface area (Å²) in [6.45, 7) is 4.03. The number of rotatable bonds is 6. The van der Waals surface area contributed by atoms with Gasteiger partial charge in [0.2, 0.25) is 0 Å². The summed E-state index contributed by atoms with van der Waals surface area (Å²) in [4.78, 5) is 0. The van der Waals surface area contributed by atoms with E-state index in [-0.39, 0.29) is 12.1 Å². The number of nitrogens with two attached hydrogens (primary N) is 1. The van der Waals surface area contributed by atoms with Gasteiger partial charge in [0.25, 0.3) is 0 Å². The molecule has 1 heterocycles. The highest BCUT2D eigenvalue weighted by molar-refractivity contribution is 5.30. The van der Waals surface area contributed by atoms with E-state index in [1.807, 2.05) is 50.2 Å². The van der Waals surface area contributed by atoms with Gasteiger partial charge < -0.3 is 14.9 Å². The first kappa shape index (κ1) is 13.7. The maximum atomic E-state index is 6.21. The molecule has 1 aromatic heterocycles. The summed E-state index contributed by atoms with van der Waals surface area (Å²) in [6.07, 6.45) is 3.58. The fraction of sp³-hybridized carbons (Fsp3) is 0.375. The van der Waals surface area contributed by atoms with E-state index in [0.29, 0.717) is 0 Å². The summed E-state index contributed by atoms with van der Waals surface area (Å²) >= 11 is 0. The van der Waals surface area contributed by atoms with Crippen molar-refractivity contribution in [1.82, 2.24) is 0 Å². The molecule has 1 unspecified atom stereocenters. The minimum absolute atomic E-state index is 0.000752. The Morgan fingerprint density at radius 2 is 2.05 bits per heavy atom. The predicted octanol–water partition coefficient (Wildman–Crippen LogP) is 3.70. The van der Waals surface area contributed by atoms with E-state index < -0.39 is 0 Å². The molecule has 0 fully saturated rings. The standard InChI is InChI=1S/C16H21NO2/c1-12(2)19-15-6-3-5-13(11-15)16(17)9-8-14-7-4-10-18-14/h3-7,10-12,16H,8-9,17H2,1-2H3. The van der Waals surface area contributed by atoms with Crippen molar-refractivity contribution < 1.29 is 9.15 Å². The van der Waals surface area contributed by atoms with Crippen LogP contribution in [-0.2, 0) is 6.42 Å². The predicted molar refractivity (Wildman–Crippen MR) is 76.2 cm³/mol. The van der Waals surface area contributed by atoms with Gasteiger partial charge in [0.15, 0.2) is 0 Å². The lowest BCUT2D eigenvalue weighted by atomic mass is 10.0. The second-order valence-corrected chi connectivity index (χ2v) is 4.96. The smallest absolute Gasteiger partial charge is 0.120 e. The summed E-state index contributed by atoms with van der Waals surface area (Å²) in [7, 11) is 0. The Balaban J connectivity index is 1.96. The Kier molecular flexibility index (Phi) is 4.63. The van der Waals surface area contributed by atoms with Crippen molar-refractivity contribution in [1.29, 1.82) is 0 Å². The Morgan fingerprint density at radius 3 is 2.74 bits per heavy atom. The van der Waals surface area contributed by atoms with Crippen molar-refractivity contribution in [3.05, 3.63) is 54.0 Å². The summed E-state index contributed by atoms with van der Waals surface area (Å²) in [5, 5.41) is 0. The number of hydrogen-bond acceptors (Lipinski definition) is 3. The van der Waals surface area contributed by atoms with Gasteiger partial charge in [-0.3, -0.25) is 0 Å². The molecule has 2 N–H and O–H groups in total. The first-order valence-corrected chi connectivity index (χ1v) is 6.69. The highest BCUT2D eigenvalue weighted by atomic mass is 16.5. The number of ether oxygens (including phenoxy) is 1. The van der Waals surface area contributed by atoms with Crippen molar-refractivity contribution in [2.24, 2.45) is 5.73 Å². The minimum atomic E-state index is 0.000752. The van der Waals surface area contributed by atoms with E-state index in [1.165, 1.54) is 0 Å². The van der Waals surface area contributed by atoms with Crippen LogP contribution in [0.15, 0.2) is 47.1 Å². The van der Waals surface area contributed by atoms with Crippen molar-refractivity contribution >= 4 is 0 Å². The Labute approximate surface area is 114 Å². The van der Waals surface area contributed by atoms with Crippen LogP contribution in [0.2, 0.25) is 0 Å². The van der Waals surface area contributed by atoms with Crippen molar-refractivity contribution in [3.8, 4) is 5.75 Å². The molecule has 0 aliphatic rings. The fourth-order valence-corrected chi connectivity index (χ4v) is 2.01. The number of aryl methyl sites for hydroxylation is 1. The van der Waals surface area contributed by atoms with Crippen LogP contribution in [0.3, 0.4) is 0 Å². The third-order valence-electron chi connectivity index (χ3n) is 2.94. The molecule has 102 valence electrons. The van der Waals surface area contributed by atoms with Crippen LogP contribution in [0, 0.1) is 0 Å². The lowest BCUT2D eigenvalue weighted by Crippen LogP contribution is -2.12. The Hall–Kier alpha value is -1.74. The summed E-state index contributed by atoms with van der Waals surface area (Å²) in [6, 6.07) is 11.9. The largest absolute Gasteiger partial charge is 0.491 e. The van der Waals surface area contributed by atoms with E-state index in [1.54, 1.807) is 6.26 Å². The molecule has 2 aromatic rings. The quantitative estimate of drug-likeness (QED) is 0.860. The highest BCUT2D eigenvalue weighted by Gasteiger charge is 2.09. The summed E-state index contributed by atoms with van der Waals surface area (Å²) in [5.41, 5.74) is 7.32. The molecule has 2 rings (SSSR count). The molecule has 0 bridgehead atoms. The Morgan fingerprint density at radius 1 is 1.21 bits per heavy atom. The van der Waals surface area contributed by atoms with Gasteiger partial charge >= 0.3 is 0 Å². The Bertz CT molecular complexity index is 491. The fourth-order valence-electron chi connectivity index (χ4n) is 2.01. The highest BCUT2D eigenvalue weighted by Crippen LogP contribution is 2.22. The van der Waals surface area contributed by atoms with Gasteiger partial charge in [0, 0.05) is 12.5 Å². The molecule has 0 amide bonds. The summed E-state index contributed by atoms with van der Waals surface area (Å²) in [5.74, 6) is 1.85. The molecular weight excluding hydrogens is 238 g/mol. The third kappa shape index (κ3) is 4.14. The normalized spacial score (nSPS) is 12.6. The summed E-state index contributed by atoms with van der Waals surface area (Å²) < 4.78 is 11.0. The molecule has 0 spiro atoms. The third-order valence-corrected chi connectivity index (χ3v) is 2.94. The van der Waals surface area contributed by atoms with Gasteiger partial charge in [-0.1, -0.05) is 12.1 Å². The molecule has 3 heteroatoms. The van der Waals surface area contributed by atoms with Crippen LogP contribution in [0.25, 0.3) is 0 Å². The lowest BCUT2D eigenvalue weighted by Gasteiger charge is -2.14. The minimum Gasteiger partial charge on any atom is -0.491 e. The van der Waals surface area contributed by atoms with Crippen molar-refractivity contribution in [3.63, 3.8) is 0 Å². The lowest BCUT2D eigenvalue weighted by molar-refractivity contribution is 0.242. The van der Waals surface area contributed by atoms with Crippen molar-refractivity contribution in [2.75, 3.05) is 0 Å². The second-order valence-electron chi connectivity index (χ2n) is 4.96. The van der Waals surface area contributed by atoms with E-state index >= 15 is 0 Å². The van der Waals surface area contributed by atoms with Crippen LogP contribution in [-0.4, -0.2) is 6.10 Å². The van der Waals surface area contributed by atoms with E-state index in [0.717, 1.165) is 29.9 Å². The molecule has 0 aliphatic heterocycles. The van der Waals surface area contributed by atoms with Gasteiger partial charge in [-0.05, 0) is 50.1 Å². The van der Waals surface area contributed by atoms with E-state index in [4.69, 9.17) is 14.9 Å². The van der Waals surface area contributed by atoms with Gasteiger partial charge in [-0.25, -0.2) is 0 Å². The first-order chi connectivity index (χ1) is 9.15. The van der Waals surface area contributed by atoms with Crippen LogP contribution >= 0.6 is 0 Å². The molecule has 1 aromatic carbocycles. The van der Waals surface area contributed by atoms with Crippen molar-refractivity contribution in [2.45, 2.75) is 38.8 Å². The average Bonchev–Trinajstić information content (AvgIpc) is 2.88. The zero-order valence-electron chi connectivity index (χ0n) is 11.5. The zero-order valence-corrected chi connectivity index (χ0v) is 11.5.